The summed E-state index contributed by atoms with van der Waals surface area (Å²) < 4.78 is 1.08. The van der Waals surface area contributed by atoms with Crippen LogP contribution in [0.3, 0.4) is 0 Å². The van der Waals surface area contributed by atoms with Gasteiger partial charge in [-0.15, -0.1) is 0 Å². The maximum absolute atomic E-state index is 12.2. The molecule has 0 radical (unpaired) electrons. The van der Waals surface area contributed by atoms with E-state index >= 15 is 0 Å². The number of Topliss-reactive ketones (excluding diaryl/α,β-unsaturated/α-hetero) is 1. The highest BCUT2D eigenvalue weighted by atomic mass is 79.9. The van der Waals surface area contributed by atoms with E-state index in [2.05, 4.69) is 21.2 Å². The predicted octanol–water partition coefficient (Wildman–Crippen LogP) is 2.99. The van der Waals surface area contributed by atoms with E-state index in [1.807, 2.05) is 13.0 Å². The summed E-state index contributed by atoms with van der Waals surface area (Å²) >= 11 is 3.68. The molecule has 4 heteroatoms. The van der Waals surface area contributed by atoms with Crippen molar-refractivity contribution in [1.82, 2.24) is 5.32 Å². The molecule has 2 bridgehead atoms. The molecule has 2 N–H and O–H groups in total. The van der Waals surface area contributed by atoms with Gasteiger partial charge in [0.15, 0.2) is 0 Å². The minimum atomic E-state index is -0.141. The van der Waals surface area contributed by atoms with Crippen molar-refractivity contribution in [2.45, 2.75) is 50.5 Å². The number of hydrogen-bond donors (Lipinski definition) is 2. The number of phenolic OH excluding ortho intramolecular Hbond substituents is 1. The molecule has 4 rings (SSSR count). The molecule has 3 atom stereocenters. The minimum absolute atomic E-state index is 0.141. The summed E-state index contributed by atoms with van der Waals surface area (Å²) in [7, 11) is 0. The molecule has 112 valence electrons. The SMILES string of the molecule is Cc1cc(Br)c2c(c1O)C13CCNC(C2)C1CCC(=O)C3. The molecular weight excluding hydrogens is 330 g/mol. The molecule has 3 nitrogen and oxygen atoms in total. The number of nitrogens with one attached hydrogen (secondary N) is 1. The lowest BCUT2D eigenvalue weighted by Crippen LogP contribution is -2.60. The Hall–Kier alpha value is -0.870. The van der Waals surface area contributed by atoms with Crippen molar-refractivity contribution in [1.29, 1.82) is 0 Å². The molecule has 3 aliphatic rings. The van der Waals surface area contributed by atoms with E-state index in [4.69, 9.17) is 0 Å². The summed E-state index contributed by atoms with van der Waals surface area (Å²) in [5, 5.41) is 14.4. The zero-order valence-corrected chi connectivity index (χ0v) is 13.8. The van der Waals surface area contributed by atoms with Crippen LogP contribution in [-0.4, -0.2) is 23.5 Å². The average Bonchev–Trinajstić information content (AvgIpc) is 2.43. The largest absolute Gasteiger partial charge is 0.507 e. The van der Waals surface area contributed by atoms with Crippen LogP contribution >= 0.6 is 15.9 Å². The molecule has 3 unspecified atom stereocenters. The first-order valence-corrected chi connectivity index (χ1v) is 8.59. The van der Waals surface area contributed by atoms with Gasteiger partial charge in [-0.2, -0.15) is 0 Å². The van der Waals surface area contributed by atoms with E-state index < -0.39 is 0 Å². The molecule has 0 amide bonds. The maximum atomic E-state index is 12.2. The number of piperidine rings is 1. The van der Waals surface area contributed by atoms with Crippen LogP contribution in [-0.2, 0) is 16.6 Å². The Bertz CT molecular complexity index is 642. The quantitative estimate of drug-likeness (QED) is 0.756. The van der Waals surface area contributed by atoms with Gasteiger partial charge in [0.1, 0.15) is 11.5 Å². The van der Waals surface area contributed by atoms with Crippen LogP contribution < -0.4 is 5.32 Å². The van der Waals surface area contributed by atoms with Gasteiger partial charge in [-0.1, -0.05) is 15.9 Å². The van der Waals surface area contributed by atoms with Crippen molar-refractivity contribution in [3.8, 4) is 5.75 Å². The zero-order chi connectivity index (χ0) is 14.8. The summed E-state index contributed by atoms with van der Waals surface area (Å²) in [6.45, 7) is 2.89. The van der Waals surface area contributed by atoms with Gasteiger partial charge in [0.2, 0.25) is 0 Å². The van der Waals surface area contributed by atoms with Gasteiger partial charge in [-0.3, -0.25) is 4.79 Å². The highest BCUT2D eigenvalue weighted by Crippen LogP contribution is 2.57. The normalized spacial score (nSPS) is 34.3. The lowest BCUT2D eigenvalue weighted by molar-refractivity contribution is -0.125. The third kappa shape index (κ3) is 1.78. The van der Waals surface area contributed by atoms with Gasteiger partial charge < -0.3 is 10.4 Å². The minimum Gasteiger partial charge on any atom is -0.507 e. The Morgan fingerprint density at radius 3 is 3.10 bits per heavy atom. The second kappa shape index (κ2) is 4.56. The molecule has 2 fully saturated rings. The summed E-state index contributed by atoms with van der Waals surface area (Å²) in [5.41, 5.74) is 3.05. The highest BCUT2D eigenvalue weighted by Gasteiger charge is 2.55. The highest BCUT2D eigenvalue weighted by molar-refractivity contribution is 9.10. The number of rotatable bonds is 0. The van der Waals surface area contributed by atoms with Gasteiger partial charge in [0.25, 0.3) is 0 Å². The number of aryl methyl sites for hydroxylation is 1. The molecule has 0 spiro atoms. The number of ketones is 1. The van der Waals surface area contributed by atoms with Crippen LogP contribution in [0.2, 0.25) is 0 Å². The molecule has 1 saturated carbocycles. The summed E-state index contributed by atoms with van der Waals surface area (Å²) in [4.78, 5) is 12.2. The molecule has 2 aliphatic carbocycles. The molecular formula is C17H20BrNO2. The molecule has 0 aromatic heterocycles. The van der Waals surface area contributed by atoms with E-state index in [-0.39, 0.29) is 5.41 Å². The predicted molar refractivity (Wildman–Crippen MR) is 84.7 cm³/mol. The molecule has 21 heavy (non-hydrogen) atoms. The number of aromatic hydroxyl groups is 1. The molecule has 1 aromatic carbocycles. The Morgan fingerprint density at radius 2 is 2.29 bits per heavy atom. The monoisotopic (exact) mass is 349 g/mol. The van der Waals surface area contributed by atoms with Gasteiger partial charge in [-0.25, -0.2) is 0 Å². The third-order valence-corrected chi connectivity index (χ3v) is 6.59. The van der Waals surface area contributed by atoms with E-state index in [9.17, 15) is 9.90 Å². The van der Waals surface area contributed by atoms with Gasteiger partial charge in [0.05, 0.1) is 0 Å². The molecule has 1 aliphatic heterocycles. The Labute approximate surface area is 133 Å². The first kappa shape index (κ1) is 13.8. The molecule has 1 saturated heterocycles. The van der Waals surface area contributed by atoms with Crippen molar-refractivity contribution in [3.05, 3.63) is 27.2 Å². The summed E-state index contributed by atoms with van der Waals surface area (Å²) in [6.07, 6.45) is 4.17. The maximum Gasteiger partial charge on any atom is 0.133 e. The lowest BCUT2D eigenvalue weighted by Gasteiger charge is -2.55. The number of fused-ring (bicyclic) bond motifs is 1. The summed E-state index contributed by atoms with van der Waals surface area (Å²) in [6, 6.07) is 2.45. The van der Waals surface area contributed by atoms with E-state index in [1.165, 1.54) is 5.56 Å². The van der Waals surface area contributed by atoms with E-state index in [0.29, 0.717) is 36.3 Å². The number of carbonyl (C=O) groups excluding carboxylic acids is 1. The Morgan fingerprint density at radius 1 is 1.48 bits per heavy atom. The second-order valence-electron chi connectivity index (χ2n) is 6.91. The fraction of sp³-hybridized carbons (Fsp3) is 0.588. The first-order valence-electron chi connectivity index (χ1n) is 7.79. The van der Waals surface area contributed by atoms with Gasteiger partial charge in [0, 0.05) is 34.3 Å². The van der Waals surface area contributed by atoms with Crippen molar-refractivity contribution in [2.24, 2.45) is 5.92 Å². The number of hydrogen-bond acceptors (Lipinski definition) is 3. The van der Waals surface area contributed by atoms with Gasteiger partial charge in [-0.05, 0) is 55.8 Å². The van der Waals surface area contributed by atoms with Crippen molar-refractivity contribution in [3.63, 3.8) is 0 Å². The fourth-order valence-corrected chi connectivity index (χ4v) is 5.72. The van der Waals surface area contributed by atoms with Crippen LogP contribution in [0.5, 0.6) is 5.75 Å². The number of carbonyl (C=O) groups is 1. The number of benzene rings is 1. The van der Waals surface area contributed by atoms with Crippen molar-refractivity contribution >= 4 is 21.7 Å². The van der Waals surface area contributed by atoms with Crippen LogP contribution in [0, 0.1) is 12.8 Å². The Balaban J connectivity index is 2.00. The van der Waals surface area contributed by atoms with Crippen molar-refractivity contribution < 1.29 is 9.90 Å². The standard InChI is InChI=1S/C17H20BrNO2/c1-9-6-13(18)11-7-14-12-3-2-10(20)8-17(12,4-5-19-14)15(11)16(9)21/h6,12,14,19,21H,2-5,7-8H2,1H3. The third-order valence-electron chi connectivity index (χ3n) is 5.89. The van der Waals surface area contributed by atoms with Gasteiger partial charge >= 0.3 is 0 Å². The topological polar surface area (TPSA) is 49.3 Å². The van der Waals surface area contributed by atoms with E-state index in [0.717, 1.165) is 41.4 Å². The number of halogens is 1. The van der Waals surface area contributed by atoms with Crippen LogP contribution in [0.25, 0.3) is 0 Å². The van der Waals surface area contributed by atoms with Crippen molar-refractivity contribution in [2.75, 3.05) is 6.54 Å². The summed E-state index contributed by atoms with van der Waals surface area (Å²) in [5.74, 6) is 1.26. The second-order valence-corrected chi connectivity index (χ2v) is 7.76. The van der Waals surface area contributed by atoms with Crippen LogP contribution in [0.4, 0.5) is 0 Å². The first-order chi connectivity index (χ1) is 10.0. The lowest BCUT2D eigenvalue weighted by atomic mass is 9.52. The molecule has 1 aromatic rings. The van der Waals surface area contributed by atoms with Crippen LogP contribution in [0.1, 0.15) is 42.4 Å². The zero-order valence-electron chi connectivity index (χ0n) is 12.2. The van der Waals surface area contributed by atoms with Crippen LogP contribution in [0.15, 0.2) is 10.5 Å². The molecule has 1 heterocycles. The fourth-order valence-electron chi connectivity index (χ4n) is 5.02. The average molecular weight is 350 g/mol. The Kier molecular flexibility index (Phi) is 2.99. The van der Waals surface area contributed by atoms with E-state index in [1.54, 1.807) is 0 Å². The smallest absolute Gasteiger partial charge is 0.133 e. The number of phenols is 1.